The highest BCUT2D eigenvalue weighted by Crippen LogP contribution is 2.26. The number of anilines is 1. The molecule has 0 amide bonds. The summed E-state index contributed by atoms with van der Waals surface area (Å²) >= 11 is 0. The molecule has 1 N–H and O–H groups in total. The van der Waals surface area contributed by atoms with Crippen molar-refractivity contribution in [1.82, 2.24) is 23.9 Å². The highest BCUT2D eigenvalue weighted by Gasteiger charge is 2.19. The van der Waals surface area contributed by atoms with E-state index in [2.05, 4.69) is 19.7 Å². The Morgan fingerprint density at radius 2 is 1.96 bits per heavy atom. The minimum atomic E-state index is -3.78. The second-order valence-electron chi connectivity index (χ2n) is 6.77. The number of benzene rings is 1. The van der Waals surface area contributed by atoms with Crippen LogP contribution in [0.2, 0.25) is 0 Å². The molecule has 0 radical (unpaired) electrons. The number of sulfonamides is 1. The quantitative estimate of drug-likeness (QED) is 0.559. The predicted molar refractivity (Wildman–Crippen MR) is 107 cm³/mol. The maximum atomic E-state index is 12.7. The molecule has 3 heterocycles. The molecule has 0 fully saturated rings. The van der Waals surface area contributed by atoms with E-state index >= 15 is 0 Å². The van der Waals surface area contributed by atoms with E-state index in [1.165, 1.54) is 12.5 Å². The third-order valence-corrected chi connectivity index (χ3v) is 5.75. The molecule has 0 atom stereocenters. The molecule has 0 aliphatic rings. The Kier molecular flexibility index (Phi) is 4.38. The van der Waals surface area contributed by atoms with Gasteiger partial charge < -0.3 is 4.57 Å². The van der Waals surface area contributed by atoms with Crippen LogP contribution in [-0.4, -0.2) is 32.3 Å². The second kappa shape index (κ2) is 6.75. The summed E-state index contributed by atoms with van der Waals surface area (Å²) in [5, 5.41) is -0.0142. The van der Waals surface area contributed by atoms with E-state index < -0.39 is 10.0 Å². The fraction of sp³-hybridized carbons (Fsp3) is 0.211. The summed E-state index contributed by atoms with van der Waals surface area (Å²) < 4.78 is 31.6. The van der Waals surface area contributed by atoms with Crippen LogP contribution in [0.4, 0.5) is 5.69 Å². The van der Waals surface area contributed by atoms with Gasteiger partial charge in [0.15, 0.2) is 5.03 Å². The number of imidazole rings is 2. The summed E-state index contributed by atoms with van der Waals surface area (Å²) in [4.78, 5) is 12.8. The van der Waals surface area contributed by atoms with Crippen LogP contribution in [0.3, 0.4) is 0 Å². The fourth-order valence-corrected chi connectivity index (χ4v) is 3.94. The number of rotatable bonds is 5. The topological polar surface area (TPSA) is 94.2 Å². The van der Waals surface area contributed by atoms with Crippen LogP contribution in [0.15, 0.2) is 60.3 Å². The smallest absolute Gasteiger partial charge is 0.280 e. The summed E-state index contributed by atoms with van der Waals surface area (Å²) in [7, 11) is -3.78. The number of hydrogen-bond donors (Lipinski definition) is 1. The van der Waals surface area contributed by atoms with Crippen LogP contribution in [0.1, 0.15) is 25.6 Å². The van der Waals surface area contributed by atoms with Gasteiger partial charge in [-0.25, -0.2) is 15.0 Å². The van der Waals surface area contributed by atoms with E-state index in [1.807, 2.05) is 43.5 Å². The summed E-state index contributed by atoms with van der Waals surface area (Å²) in [6.07, 6.45) is 6.62. The molecule has 144 valence electrons. The first kappa shape index (κ1) is 18.2. The monoisotopic (exact) mass is 396 g/mol. The molecule has 8 nitrogen and oxygen atoms in total. The van der Waals surface area contributed by atoms with Crippen molar-refractivity contribution in [3.8, 4) is 11.3 Å². The van der Waals surface area contributed by atoms with Gasteiger partial charge in [0.05, 0.1) is 12.0 Å². The highest BCUT2D eigenvalue weighted by atomic mass is 32.2. The van der Waals surface area contributed by atoms with Crippen LogP contribution in [0.5, 0.6) is 0 Å². The van der Waals surface area contributed by atoms with Crippen molar-refractivity contribution in [2.45, 2.75) is 31.8 Å². The van der Waals surface area contributed by atoms with Crippen LogP contribution in [0.25, 0.3) is 17.0 Å². The molecule has 0 unspecified atom stereocenters. The molecule has 0 aliphatic heterocycles. The van der Waals surface area contributed by atoms with Crippen molar-refractivity contribution in [1.29, 1.82) is 0 Å². The lowest BCUT2D eigenvalue weighted by Crippen LogP contribution is -2.13. The van der Waals surface area contributed by atoms with Crippen molar-refractivity contribution in [2.75, 3.05) is 4.72 Å². The van der Waals surface area contributed by atoms with Crippen LogP contribution >= 0.6 is 0 Å². The number of aryl methyl sites for hydroxylation is 1. The maximum Gasteiger partial charge on any atom is 0.280 e. The summed E-state index contributed by atoms with van der Waals surface area (Å²) in [5.74, 6) is 0.597. The minimum absolute atomic E-state index is 0.0142. The Labute approximate surface area is 163 Å². The van der Waals surface area contributed by atoms with E-state index in [0.717, 1.165) is 17.0 Å². The second-order valence-corrected chi connectivity index (χ2v) is 8.40. The maximum absolute atomic E-state index is 12.7. The molecule has 3 aromatic heterocycles. The van der Waals surface area contributed by atoms with Gasteiger partial charge in [-0.15, -0.1) is 0 Å². The van der Waals surface area contributed by atoms with Gasteiger partial charge in [0.1, 0.15) is 0 Å². The lowest BCUT2D eigenvalue weighted by atomic mass is 10.1. The van der Waals surface area contributed by atoms with Crippen LogP contribution in [-0.2, 0) is 10.0 Å². The van der Waals surface area contributed by atoms with Gasteiger partial charge in [-0.3, -0.25) is 9.12 Å². The molecule has 0 spiro atoms. The fourth-order valence-electron chi connectivity index (χ4n) is 2.95. The molecule has 0 saturated heterocycles. The van der Waals surface area contributed by atoms with Gasteiger partial charge in [-0.2, -0.15) is 8.42 Å². The number of fused-ring (bicyclic) bond motifs is 1. The molecule has 0 bridgehead atoms. The molecule has 4 rings (SSSR count). The Hall–Kier alpha value is -3.20. The molecule has 1 aromatic carbocycles. The average Bonchev–Trinajstić information content (AvgIpc) is 3.28. The van der Waals surface area contributed by atoms with Crippen molar-refractivity contribution in [3.63, 3.8) is 0 Å². The van der Waals surface area contributed by atoms with Gasteiger partial charge >= 0.3 is 0 Å². The molecular weight excluding hydrogens is 376 g/mol. The first-order chi connectivity index (χ1) is 13.3. The van der Waals surface area contributed by atoms with Gasteiger partial charge in [0.25, 0.3) is 10.0 Å². The van der Waals surface area contributed by atoms with Gasteiger partial charge in [-0.05, 0) is 39.0 Å². The summed E-state index contributed by atoms with van der Waals surface area (Å²) in [5.41, 5.74) is 2.93. The van der Waals surface area contributed by atoms with E-state index in [4.69, 9.17) is 0 Å². The lowest BCUT2D eigenvalue weighted by Gasteiger charge is -2.08. The molecule has 0 saturated carbocycles. The summed E-state index contributed by atoms with van der Waals surface area (Å²) in [6.45, 7) is 5.87. The van der Waals surface area contributed by atoms with Crippen molar-refractivity contribution in [2.24, 2.45) is 0 Å². The minimum Gasteiger partial charge on any atom is -0.334 e. The first-order valence-electron chi connectivity index (χ1n) is 8.81. The van der Waals surface area contributed by atoms with Crippen molar-refractivity contribution in [3.05, 3.63) is 60.9 Å². The van der Waals surface area contributed by atoms with Crippen molar-refractivity contribution < 1.29 is 8.42 Å². The zero-order valence-corrected chi connectivity index (χ0v) is 16.6. The molecule has 28 heavy (non-hydrogen) atoms. The van der Waals surface area contributed by atoms with E-state index in [1.54, 1.807) is 29.0 Å². The predicted octanol–water partition coefficient (Wildman–Crippen LogP) is 3.28. The zero-order chi connectivity index (χ0) is 19.9. The number of nitrogens with one attached hydrogen (secondary N) is 1. The van der Waals surface area contributed by atoms with Gasteiger partial charge in [-0.1, -0.05) is 12.1 Å². The molecule has 4 aromatic rings. The van der Waals surface area contributed by atoms with E-state index in [0.29, 0.717) is 11.5 Å². The number of hydrogen-bond acceptors (Lipinski definition) is 5. The Balaban J connectivity index is 1.67. The molecule has 0 aliphatic carbocycles. The Morgan fingerprint density at radius 3 is 2.68 bits per heavy atom. The third kappa shape index (κ3) is 3.24. The largest absolute Gasteiger partial charge is 0.334 e. The lowest BCUT2D eigenvalue weighted by molar-refractivity contribution is 0.591. The van der Waals surface area contributed by atoms with Gasteiger partial charge in [0.2, 0.25) is 5.78 Å². The first-order valence-corrected chi connectivity index (χ1v) is 10.3. The van der Waals surface area contributed by atoms with Crippen LogP contribution < -0.4 is 4.72 Å². The summed E-state index contributed by atoms with van der Waals surface area (Å²) in [6, 6.07) is 9.10. The Morgan fingerprint density at radius 1 is 1.14 bits per heavy atom. The van der Waals surface area contributed by atoms with Crippen LogP contribution in [0, 0.1) is 6.92 Å². The van der Waals surface area contributed by atoms with E-state index in [9.17, 15) is 8.42 Å². The third-order valence-electron chi connectivity index (χ3n) is 4.48. The Bertz CT molecular complexity index is 1260. The average molecular weight is 396 g/mol. The molecular formula is C19H20N6O2S. The standard InChI is InChI=1S/C19H20N6O2S/c1-13(2)24-11-17(21-12-24)28(26,27)23-16-7-4-6-15(10-16)18-14(3)25-9-5-8-20-19(25)22-18/h4-13,23H,1-3H3. The normalized spacial score (nSPS) is 12.0. The zero-order valence-electron chi connectivity index (χ0n) is 15.7. The molecule has 9 heteroatoms. The van der Waals surface area contributed by atoms with Crippen molar-refractivity contribution >= 4 is 21.5 Å². The SMILES string of the molecule is Cc1c(-c2cccc(NS(=O)(=O)c3cn(C(C)C)cn3)c2)nc2ncccn12. The highest BCUT2D eigenvalue weighted by molar-refractivity contribution is 7.92. The van der Waals surface area contributed by atoms with E-state index in [-0.39, 0.29) is 11.1 Å². The number of nitrogens with zero attached hydrogens (tertiary/aromatic N) is 5. The van der Waals surface area contributed by atoms with Gasteiger partial charge in [0, 0.05) is 41.6 Å². The number of aromatic nitrogens is 5.